The number of carbonyl (C=O) groups is 1. The van der Waals surface area contributed by atoms with Crippen LogP contribution in [-0.4, -0.2) is 46.3 Å². The van der Waals surface area contributed by atoms with Crippen molar-refractivity contribution < 1.29 is 4.79 Å². The lowest BCUT2D eigenvalue weighted by Crippen LogP contribution is -2.49. The number of piperazine rings is 1. The second-order valence-electron chi connectivity index (χ2n) is 6.62. The molecule has 0 unspecified atom stereocenters. The molecular weight excluding hydrogens is 320 g/mol. The zero-order valence-corrected chi connectivity index (χ0v) is 15.3. The molecule has 0 spiro atoms. The third kappa shape index (κ3) is 3.93. The Balaban J connectivity index is 1.58. The number of rotatable bonds is 4. The molecule has 0 bridgehead atoms. The van der Waals surface area contributed by atoms with Gasteiger partial charge in [-0.1, -0.05) is 43.7 Å². The molecule has 5 nitrogen and oxygen atoms in total. The first-order valence-corrected chi connectivity index (χ1v) is 9.22. The van der Waals surface area contributed by atoms with Crippen molar-refractivity contribution in [1.29, 1.82) is 0 Å². The van der Waals surface area contributed by atoms with Gasteiger partial charge in [0, 0.05) is 50.1 Å². The van der Waals surface area contributed by atoms with Gasteiger partial charge in [0.25, 0.3) is 0 Å². The van der Waals surface area contributed by atoms with E-state index in [2.05, 4.69) is 45.4 Å². The average molecular weight is 344 g/mol. The van der Waals surface area contributed by atoms with Gasteiger partial charge in [-0.25, -0.2) is 4.98 Å². The van der Waals surface area contributed by atoms with Gasteiger partial charge >= 0.3 is 0 Å². The molecule has 1 amide bonds. The summed E-state index contributed by atoms with van der Waals surface area (Å²) in [4.78, 5) is 20.9. The third-order valence-corrected chi connectivity index (χ3v) is 5.11. The number of hydrogen-bond acceptors (Lipinski definition) is 5. The van der Waals surface area contributed by atoms with E-state index in [0.717, 1.165) is 43.6 Å². The average Bonchev–Trinajstić information content (AvgIpc) is 3.05. The van der Waals surface area contributed by atoms with Crippen LogP contribution in [0.15, 0.2) is 24.3 Å². The van der Waals surface area contributed by atoms with Crippen molar-refractivity contribution >= 4 is 22.6 Å². The highest BCUT2D eigenvalue weighted by Gasteiger charge is 2.24. The lowest BCUT2D eigenvalue weighted by atomic mass is 10.1. The van der Waals surface area contributed by atoms with Gasteiger partial charge in [0.2, 0.25) is 11.0 Å². The SMILES string of the molecule is Cc1ccc(Cc2nsc(N3CCN(C(=O)C(C)C)CC3)n2)cc1. The Morgan fingerprint density at radius 2 is 1.83 bits per heavy atom. The highest BCUT2D eigenvalue weighted by atomic mass is 32.1. The summed E-state index contributed by atoms with van der Waals surface area (Å²) in [6.07, 6.45) is 0.766. The van der Waals surface area contributed by atoms with Gasteiger partial charge in [-0.05, 0) is 12.5 Å². The summed E-state index contributed by atoms with van der Waals surface area (Å²) in [5, 5.41) is 0.966. The molecule has 2 heterocycles. The predicted octanol–water partition coefficient (Wildman–Crippen LogP) is 2.74. The van der Waals surface area contributed by atoms with E-state index in [-0.39, 0.29) is 11.8 Å². The Morgan fingerprint density at radius 1 is 1.17 bits per heavy atom. The van der Waals surface area contributed by atoms with Crippen molar-refractivity contribution in [3.8, 4) is 0 Å². The second-order valence-corrected chi connectivity index (χ2v) is 7.35. The van der Waals surface area contributed by atoms with E-state index in [9.17, 15) is 4.79 Å². The number of hydrogen-bond donors (Lipinski definition) is 0. The Hall–Kier alpha value is -1.95. The number of amides is 1. The standard InChI is InChI=1S/C18H24N4OS/c1-13(2)17(23)21-8-10-22(11-9-21)18-19-16(20-24-18)12-15-6-4-14(3)5-7-15/h4-7,13H,8-12H2,1-3H3. The lowest BCUT2D eigenvalue weighted by molar-refractivity contribution is -0.134. The fraction of sp³-hybridized carbons (Fsp3) is 0.500. The Morgan fingerprint density at radius 3 is 2.46 bits per heavy atom. The van der Waals surface area contributed by atoms with Gasteiger partial charge in [0.15, 0.2) is 0 Å². The summed E-state index contributed by atoms with van der Waals surface area (Å²) in [6, 6.07) is 8.50. The van der Waals surface area contributed by atoms with Crippen LogP contribution in [0.25, 0.3) is 0 Å². The number of carbonyl (C=O) groups excluding carboxylic acids is 1. The molecule has 0 atom stereocenters. The molecule has 0 radical (unpaired) electrons. The van der Waals surface area contributed by atoms with Crippen LogP contribution in [0, 0.1) is 12.8 Å². The molecule has 3 rings (SSSR count). The maximum Gasteiger partial charge on any atom is 0.225 e. The van der Waals surface area contributed by atoms with Crippen molar-refractivity contribution in [2.75, 3.05) is 31.1 Å². The van der Waals surface area contributed by atoms with E-state index >= 15 is 0 Å². The highest BCUT2D eigenvalue weighted by molar-refractivity contribution is 7.09. The summed E-state index contributed by atoms with van der Waals surface area (Å²) < 4.78 is 4.50. The van der Waals surface area contributed by atoms with E-state index in [1.807, 2.05) is 18.7 Å². The third-order valence-electron chi connectivity index (χ3n) is 4.30. The maximum atomic E-state index is 12.1. The molecule has 6 heteroatoms. The monoisotopic (exact) mass is 344 g/mol. The summed E-state index contributed by atoms with van der Waals surface area (Å²) >= 11 is 1.46. The largest absolute Gasteiger partial charge is 0.343 e. The summed E-state index contributed by atoms with van der Waals surface area (Å²) in [6.45, 7) is 9.20. The van der Waals surface area contributed by atoms with Gasteiger partial charge in [-0.15, -0.1) is 0 Å². The summed E-state index contributed by atoms with van der Waals surface area (Å²) in [5.41, 5.74) is 2.50. The van der Waals surface area contributed by atoms with Crippen LogP contribution < -0.4 is 4.90 Å². The fourth-order valence-corrected chi connectivity index (χ4v) is 3.55. The first-order chi connectivity index (χ1) is 11.5. The molecule has 1 aliphatic heterocycles. The quantitative estimate of drug-likeness (QED) is 0.856. The van der Waals surface area contributed by atoms with Gasteiger partial charge < -0.3 is 9.80 Å². The Kier molecular flexibility index (Phi) is 5.14. The zero-order valence-electron chi connectivity index (χ0n) is 14.5. The van der Waals surface area contributed by atoms with Crippen molar-refractivity contribution in [3.05, 3.63) is 41.2 Å². The number of aryl methyl sites for hydroxylation is 1. The second kappa shape index (κ2) is 7.30. The summed E-state index contributed by atoms with van der Waals surface area (Å²) in [7, 11) is 0. The predicted molar refractivity (Wildman–Crippen MR) is 97.5 cm³/mol. The van der Waals surface area contributed by atoms with Crippen LogP contribution in [0.5, 0.6) is 0 Å². The van der Waals surface area contributed by atoms with Gasteiger partial charge in [0.1, 0.15) is 5.82 Å². The van der Waals surface area contributed by atoms with Crippen molar-refractivity contribution in [2.24, 2.45) is 5.92 Å². The van der Waals surface area contributed by atoms with E-state index in [0.29, 0.717) is 0 Å². The number of aromatic nitrogens is 2. The van der Waals surface area contributed by atoms with Crippen molar-refractivity contribution in [1.82, 2.24) is 14.3 Å². The van der Waals surface area contributed by atoms with E-state index in [1.165, 1.54) is 22.7 Å². The Bertz CT molecular complexity index is 687. The summed E-state index contributed by atoms with van der Waals surface area (Å²) in [5.74, 6) is 1.19. The molecule has 0 aliphatic carbocycles. The topological polar surface area (TPSA) is 49.3 Å². The molecule has 1 aromatic heterocycles. The fourth-order valence-electron chi connectivity index (χ4n) is 2.82. The molecule has 1 fully saturated rings. The van der Waals surface area contributed by atoms with Crippen LogP contribution >= 0.6 is 11.5 Å². The van der Waals surface area contributed by atoms with E-state index in [1.54, 1.807) is 0 Å². The molecule has 1 aliphatic rings. The molecule has 2 aromatic rings. The minimum absolute atomic E-state index is 0.0687. The maximum absolute atomic E-state index is 12.1. The van der Waals surface area contributed by atoms with Crippen LogP contribution in [0.3, 0.4) is 0 Å². The molecule has 128 valence electrons. The number of benzene rings is 1. The van der Waals surface area contributed by atoms with E-state index < -0.39 is 0 Å². The van der Waals surface area contributed by atoms with Crippen molar-refractivity contribution in [2.45, 2.75) is 27.2 Å². The van der Waals surface area contributed by atoms with Crippen molar-refractivity contribution in [3.63, 3.8) is 0 Å². The Labute approximate surface area is 147 Å². The smallest absolute Gasteiger partial charge is 0.225 e. The van der Waals surface area contributed by atoms with Gasteiger partial charge in [-0.2, -0.15) is 4.37 Å². The lowest BCUT2D eigenvalue weighted by Gasteiger charge is -2.35. The molecule has 0 N–H and O–H groups in total. The highest BCUT2D eigenvalue weighted by Crippen LogP contribution is 2.21. The zero-order chi connectivity index (χ0) is 17.1. The van der Waals surface area contributed by atoms with Crippen LogP contribution in [0.2, 0.25) is 0 Å². The molecule has 0 saturated carbocycles. The number of nitrogens with zero attached hydrogens (tertiary/aromatic N) is 4. The first-order valence-electron chi connectivity index (χ1n) is 8.45. The minimum atomic E-state index is 0.0687. The molecule has 1 saturated heterocycles. The normalized spacial score (nSPS) is 15.2. The first kappa shape index (κ1) is 16.9. The van der Waals surface area contributed by atoms with Crippen LogP contribution in [-0.2, 0) is 11.2 Å². The minimum Gasteiger partial charge on any atom is -0.343 e. The molecular formula is C18H24N4OS. The van der Waals surface area contributed by atoms with Crippen LogP contribution in [0.4, 0.5) is 5.13 Å². The van der Waals surface area contributed by atoms with Crippen LogP contribution in [0.1, 0.15) is 30.8 Å². The van der Waals surface area contributed by atoms with Gasteiger partial charge in [-0.3, -0.25) is 4.79 Å². The molecule has 24 heavy (non-hydrogen) atoms. The van der Waals surface area contributed by atoms with E-state index in [4.69, 9.17) is 0 Å². The number of anilines is 1. The molecule has 1 aromatic carbocycles. The van der Waals surface area contributed by atoms with Gasteiger partial charge in [0.05, 0.1) is 0 Å².